The van der Waals surface area contributed by atoms with Gasteiger partial charge in [0.05, 0.1) is 11.4 Å². The quantitative estimate of drug-likeness (QED) is 0.619. The summed E-state index contributed by atoms with van der Waals surface area (Å²) >= 11 is 0. The Morgan fingerprint density at radius 2 is 1.79 bits per heavy atom. The minimum atomic E-state index is 0.626. The van der Waals surface area contributed by atoms with E-state index < -0.39 is 0 Å². The molecule has 14 heavy (non-hydrogen) atoms. The molecular weight excluding hydrogens is 172 g/mol. The van der Waals surface area contributed by atoms with Crippen LogP contribution in [0.5, 0.6) is 0 Å². The molecule has 0 aromatic heterocycles. The summed E-state index contributed by atoms with van der Waals surface area (Å²) in [6.45, 7) is 3.43. The maximum absolute atomic E-state index is 2.37. The molecule has 2 rings (SSSR count). The maximum Gasteiger partial charge on any atom is 0.0603 e. The summed E-state index contributed by atoms with van der Waals surface area (Å²) < 4.78 is 0. The van der Waals surface area contributed by atoms with Gasteiger partial charge in [-0.15, -0.1) is 0 Å². The number of anilines is 2. The lowest BCUT2D eigenvalue weighted by molar-refractivity contribution is 0.640. The maximum atomic E-state index is 2.37. The highest BCUT2D eigenvalue weighted by molar-refractivity contribution is 5.71. The highest BCUT2D eigenvalue weighted by Crippen LogP contribution is 2.32. The summed E-state index contributed by atoms with van der Waals surface area (Å²) in [5.41, 5.74) is 2.69. The lowest BCUT2D eigenvalue weighted by Crippen LogP contribution is -2.28. The Morgan fingerprint density at radius 1 is 1.14 bits per heavy atom. The zero-order valence-electron chi connectivity index (χ0n) is 9.20. The third-order valence-electron chi connectivity index (χ3n) is 3.22. The van der Waals surface area contributed by atoms with E-state index in [9.17, 15) is 0 Å². The largest absolute Gasteiger partial charge is 0.373 e. The summed E-state index contributed by atoms with van der Waals surface area (Å²) in [6, 6.07) is 9.25. The highest BCUT2D eigenvalue weighted by Gasteiger charge is 2.19. The Balaban J connectivity index is 2.46. The van der Waals surface area contributed by atoms with Crippen LogP contribution < -0.4 is 9.80 Å². The minimum absolute atomic E-state index is 0.626. The smallest absolute Gasteiger partial charge is 0.0603 e. The third kappa shape index (κ3) is 1.45. The summed E-state index contributed by atoms with van der Waals surface area (Å²) in [6.07, 6.45) is 1.22. The molecule has 1 atom stereocenters. The van der Waals surface area contributed by atoms with Crippen molar-refractivity contribution in [2.45, 2.75) is 19.4 Å². The van der Waals surface area contributed by atoms with Crippen LogP contribution in [0, 0.1) is 0 Å². The molecule has 0 radical (unpaired) electrons. The first-order valence-corrected chi connectivity index (χ1v) is 5.23. The molecular formula is C12H18N2. The molecule has 2 heteroatoms. The number of nitrogens with zero attached hydrogens (tertiary/aromatic N) is 2. The van der Waals surface area contributed by atoms with Gasteiger partial charge in [0.1, 0.15) is 0 Å². The van der Waals surface area contributed by atoms with E-state index >= 15 is 0 Å². The van der Waals surface area contributed by atoms with Crippen LogP contribution >= 0.6 is 0 Å². The Morgan fingerprint density at radius 3 is 2.50 bits per heavy atom. The average molecular weight is 190 g/mol. The SMILES string of the molecule is CC1CCN(C)c2ccccc2N1C. The van der Waals surface area contributed by atoms with Gasteiger partial charge >= 0.3 is 0 Å². The van der Waals surface area contributed by atoms with Crippen molar-refractivity contribution in [3.8, 4) is 0 Å². The van der Waals surface area contributed by atoms with Gasteiger partial charge in [0.25, 0.3) is 0 Å². The van der Waals surface area contributed by atoms with Gasteiger partial charge in [-0.3, -0.25) is 0 Å². The number of benzene rings is 1. The topological polar surface area (TPSA) is 6.48 Å². The average Bonchev–Trinajstić information content (AvgIpc) is 2.33. The molecule has 0 bridgehead atoms. The summed E-state index contributed by atoms with van der Waals surface area (Å²) in [4.78, 5) is 4.72. The number of hydrogen-bond donors (Lipinski definition) is 0. The second-order valence-electron chi connectivity index (χ2n) is 4.16. The van der Waals surface area contributed by atoms with E-state index in [2.05, 4.69) is 55.1 Å². The van der Waals surface area contributed by atoms with Crippen LogP contribution in [0.3, 0.4) is 0 Å². The van der Waals surface area contributed by atoms with Crippen LogP contribution in [-0.4, -0.2) is 26.7 Å². The lowest BCUT2D eigenvalue weighted by Gasteiger charge is -2.25. The second kappa shape index (κ2) is 3.52. The molecule has 0 aliphatic carbocycles. The highest BCUT2D eigenvalue weighted by atomic mass is 15.2. The molecule has 1 heterocycles. The zero-order valence-corrected chi connectivity index (χ0v) is 9.20. The molecule has 1 aliphatic rings. The van der Waals surface area contributed by atoms with Crippen LogP contribution in [-0.2, 0) is 0 Å². The van der Waals surface area contributed by atoms with E-state index in [0.29, 0.717) is 6.04 Å². The van der Waals surface area contributed by atoms with Gasteiger partial charge in [0.2, 0.25) is 0 Å². The molecule has 0 saturated heterocycles. The Bertz CT molecular complexity index is 322. The van der Waals surface area contributed by atoms with Crippen molar-refractivity contribution in [3.05, 3.63) is 24.3 Å². The van der Waals surface area contributed by atoms with E-state index in [1.54, 1.807) is 0 Å². The van der Waals surface area contributed by atoms with Crippen molar-refractivity contribution < 1.29 is 0 Å². The Labute approximate surface area is 86.1 Å². The second-order valence-corrected chi connectivity index (χ2v) is 4.16. The van der Waals surface area contributed by atoms with Gasteiger partial charge in [-0.25, -0.2) is 0 Å². The predicted octanol–water partition coefficient (Wildman–Crippen LogP) is 2.35. The van der Waals surface area contributed by atoms with E-state index in [0.717, 1.165) is 6.54 Å². The minimum Gasteiger partial charge on any atom is -0.373 e. The summed E-state index contributed by atoms with van der Waals surface area (Å²) in [5.74, 6) is 0. The fraction of sp³-hybridized carbons (Fsp3) is 0.500. The fourth-order valence-corrected chi connectivity index (χ4v) is 2.02. The van der Waals surface area contributed by atoms with Gasteiger partial charge in [-0.1, -0.05) is 12.1 Å². The lowest BCUT2D eigenvalue weighted by atomic mass is 10.2. The molecule has 1 unspecified atom stereocenters. The van der Waals surface area contributed by atoms with Gasteiger partial charge in [0.15, 0.2) is 0 Å². The monoisotopic (exact) mass is 190 g/mol. The van der Waals surface area contributed by atoms with E-state index in [1.807, 2.05) is 0 Å². The van der Waals surface area contributed by atoms with Crippen molar-refractivity contribution in [2.75, 3.05) is 30.4 Å². The molecule has 1 aromatic rings. The van der Waals surface area contributed by atoms with Crippen LogP contribution in [0.2, 0.25) is 0 Å². The molecule has 0 fully saturated rings. The van der Waals surface area contributed by atoms with Crippen LogP contribution in [0.4, 0.5) is 11.4 Å². The normalized spacial score (nSPS) is 21.8. The van der Waals surface area contributed by atoms with Gasteiger partial charge in [-0.05, 0) is 25.5 Å². The van der Waals surface area contributed by atoms with Crippen LogP contribution in [0.25, 0.3) is 0 Å². The van der Waals surface area contributed by atoms with Crippen molar-refractivity contribution in [2.24, 2.45) is 0 Å². The number of para-hydroxylation sites is 2. The molecule has 1 aliphatic heterocycles. The van der Waals surface area contributed by atoms with Crippen molar-refractivity contribution in [1.29, 1.82) is 0 Å². The number of fused-ring (bicyclic) bond motifs is 1. The Kier molecular flexibility index (Phi) is 2.36. The van der Waals surface area contributed by atoms with Crippen molar-refractivity contribution in [1.82, 2.24) is 0 Å². The molecule has 76 valence electrons. The number of rotatable bonds is 0. The molecule has 0 N–H and O–H groups in total. The Hall–Kier alpha value is -1.18. The first-order chi connectivity index (χ1) is 6.70. The van der Waals surface area contributed by atoms with Crippen LogP contribution in [0.15, 0.2) is 24.3 Å². The molecule has 2 nitrogen and oxygen atoms in total. The van der Waals surface area contributed by atoms with Crippen molar-refractivity contribution >= 4 is 11.4 Å². The van der Waals surface area contributed by atoms with Gasteiger partial charge in [-0.2, -0.15) is 0 Å². The van der Waals surface area contributed by atoms with Crippen LogP contribution in [0.1, 0.15) is 13.3 Å². The van der Waals surface area contributed by atoms with Gasteiger partial charge < -0.3 is 9.80 Å². The third-order valence-corrected chi connectivity index (χ3v) is 3.22. The standard InChI is InChI=1S/C12H18N2/c1-10-8-9-13(2)11-6-4-5-7-12(11)14(10)3/h4-7,10H,8-9H2,1-3H3. The summed E-state index contributed by atoms with van der Waals surface area (Å²) in [7, 11) is 4.35. The molecule has 0 amide bonds. The van der Waals surface area contributed by atoms with Gasteiger partial charge in [0, 0.05) is 26.7 Å². The fourth-order valence-electron chi connectivity index (χ4n) is 2.02. The van der Waals surface area contributed by atoms with E-state index in [1.165, 1.54) is 17.8 Å². The van der Waals surface area contributed by atoms with E-state index in [4.69, 9.17) is 0 Å². The molecule has 1 aromatic carbocycles. The molecule has 0 saturated carbocycles. The first kappa shape index (κ1) is 9.38. The number of hydrogen-bond acceptors (Lipinski definition) is 2. The zero-order chi connectivity index (χ0) is 10.1. The first-order valence-electron chi connectivity index (χ1n) is 5.23. The van der Waals surface area contributed by atoms with E-state index in [-0.39, 0.29) is 0 Å². The summed E-state index contributed by atoms with van der Waals surface area (Å²) in [5, 5.41) is 0. The predicted molar refractivity (Wildman–Crippen MR) is 62.2 cm³/mol. The molecule has 0 spiro atoms. The van der Waals surface area contributed by atoms with Crippen molar-refractivity contribution in [3.63, 3.8) is 0 Å².